The van der Waals surface area contributed by atoms with Crippen LogP contribution >= 0.6 is 0 Å². The lowest BCUT2D eigenvalue weighted by atomic mass is 10.1. The van der Waals surface area contributed by atoms with Gasteiger partial charge in [-0.3, -0.25) is 24.2 Å². The molecule has 1 N–H and O–H groups in total. The molecule has 1 saturated heterocycles. The number of benzene rings is 2. The number of furan rings is 1. The fraction of sp³-hybridized carbons (Fsp3) is 0.296. The third-order valence-electron chi connectivity index (χ3n) is 6.47. The van der Waals surface area contributed by atoms with E-state index >= 15 is 0 Å². The Hall–Kier alpha value is -3.75. The van der Waals surface area contributed by atoms with Crippen molar-refractivity contribution in [1.29, 1.82) is 0 Å². The zero-order valence-corrected chi connectivity index (χ0v) is 19.5. The minimum absolute atomic E-state index is 0.0790. The Morgan fingerprint density at radius 2 is 1.60 bits per heavy atom. The van der Waals surface area contributed by atoms with Crippen molar-refractivity contribution in [2.75, 3.05) is 32.8 Å². The molecule has 0 aliphatic carbocycles. The van der Waals surface area contributed by atoms with Crippen LogP contribution < -0.4 is 5.32 Å². The van der Waals surface area contributed by atoms with Crippen LogP contribution in [0.3, 0.4) is 0 Å². The number of aryl methyl sites for hydroxylation is 1. The summed E-state index contributed by atoms with van der Waals surface area (Å²) in [5.41, 5.74) is 2.13. The number of fused-ring (bicyclic) bond motifs is 1. The van der Waals surface area contributed by atoms with Gasteiger partial charge in [-0.25, -0.2) is 0 Å². The quantitative estimate of drug-likeness (QED) is 0.530. The van der Waals surface area contributed by atoms with E-state index in [0.29, 0.717) is 36.4 Å². The smallest absolute Gasteiger partial charge is 0.261 e. The van der Waals surface area contributed by atoms with Crippen molar-refractivity contribution < 1.29 is 23.5 Å². The third kappa shape index (κ3) is 4.76. The lowest BCUT2D eigenvalue weighted by molar-refractivity contribution is 0.0117. The Balaban J connectivity index is 1.22. The first-order chi connectivity index (χ1) is 17.0. The molecule has 8 nitrogen and oxygen atoms in total. The number of imide groups is 1. The van der Waals surface area contributed by atoms with E-state index < -0.39 is 0 Å². The van der Waals surface area contributed by atoms with E-state index in [-0.39, 0.29) is 30.3 Å². The van der Waals surface area contributed by atoms with Gasteiger partial charge in [0, 0.05) is 25.2 Å². The molecular formula is C27H27N3O5. The summed E-state index contributed by atoms with van der Waals surface area (Å²) >= 11 is 0. The summed E-state index contributed by atoms with van der Waals surface area (Å²) in [6, 6.07) is 17.6. The lowest BCUT2D eigenvalue weighted by Crippen LogP contribution is -2.43. The minimum atomic E-state index is -0.297. The standard InChI is InChI=1S/C27H27N3O5/c1-18-6-11-24(35-18)23(29-12-14-34-15-13-29)16-28-25(31)20-9-7-19(8-10-20)17-30-26(32)21-4-2-3-5-22(21)27(30)33/h2-11,23H,12-17H2,1H3,(H,28,31). The molecule has 2 aliphatic heterocycles. The van der Waals surface area contributed by atoms with Crippen LogP contribution in [0, 0.1) is 6.92 Å². The van der Waals surface area contributed by atoms with Crippen molar-refractivity contribution in [1.82, 2.24) is 15.1 Å². The molecule has 1 fully saturated rings. The Labute approximate surface area is 203 Å². The van der Waals surface area contributed by atoms with Gasteiger partial charge in [0.2, 0.25) is 0 Å². The summed E-state index contributed by atoms with van der Waals surface area (Å²) in [4.78, 5) is 41.6. The van der Waals surface area contributed by atoms with Gasteiger partial charge in [0.05, 0.1) is 36.9 Å². The van der Waals surface area contributed by atoms with Crippen LogP contribution in [0.1, 0.15) is 54.2 Å². The van der Waals surface area contributed by atoms with Crippen molar-refractivity contribution >= 4 is 17.7 Å². The predicted molar refractivity (Wildman–Crippen MR) is 128 cm³/mol. The van der Waals surface area contributed by atoms with Gasteiger partial charge in [-0.1, -0.05) is 24.3 Å². The zero-order valence-electron chi connectivity index (χ0n) is 19.5. The number of rotatable bonds is 7. The Morgan fingerprint density at radius 1 is 0.943 bits per heavy atom. The van der Waals surface area contributed by atoms with Crippen molar-refractivity contribution in [2.45, 2.75) is 19.5 Å². The largest absolute Gasteiger partial charge is 0.465 e. The van der Waals surface area contributed by atoms with Gasteiger partial charge >= 0.3 is 0 Å². The topological polar surface area (TPSA) is 92.1 Å². The highest BCUT2D eigenvalue weighted by atomic mass is 16.5. The molecule has 3 amide bonds. The van der Waals surface area contributed by atoms with Gasteiger partial charge in [-0.15, -0.1) is 0 Å². The summed E-state index contributed by atoms with van der Waals surface area (Å²) < 4.78 is 11.3. The summed E-state index contributed by atoms with van der Waals surface area (Å²) in [5, 5.41) is 3.02. The normalized spacial score (nSPS) is 16.9. The van der Waals surface area contributed by atoms with Crippen molar-refractivity contribution in [3.8, 4) is 0 Å². The van der Waals surface area contributed by atoms with Gasteiger partial charge in [0.25, 0.3) is 17.7 Å². The molecule has 0 bridgehead atoms. The Bertz CT molecular complexity index is 1210. The zero-order chi connectivity index (χ0) is 24.4. The molecular weight excluding hydrogens is 446 g/mol. The molecule has 180 valence electrons. The first kappa shape index (κ1) is 23.0. The van der Waals surface area contributed by atoms with Crippen LogP contribution in [0.25, 0.3) is 0 Å². The van der Waals surface area contributed by atoms with E-state index in [1.54, 1.807) is 48.5 Å². The monoisotopic (exact) mass is 473 g/mol. The average molecular weight is 474 g/mol. The van der Waals surface area contributed by atoms with Crippen LogP contribution in [-0.2, 0) is 11.3 Å². The van der Waals surface area contributed by atoms with E-state index in [0.717, 1.165) is 30.2 Å². The molecule has 3 aromatic rings. The third-order valence-corrected chi connectivity index (χ3v) is 6.47. The highest BCUT2D eigenvalue weighted by Crippen LogP contribution is 2.25. The molecule has 1 unspecified atom stereocenters. The van der Waals surface area contributed by atoms with Gasteiger partial charge in [-0.05, 0) is 48.9 Å². The predicted octanol–water partition coefficient (Wildman–Crippen LogP) is 3.19. The fourth-order valence-corrected chi connectivity index (χ4v) is 4.55. The van der Waals surface area contributed by atoms with Gasteiger partial charge < -0.3 is 14.5 Å². The molecule has 1 aromatic heterocycles. The second kappa shape index (κ2) is 9.85. The molecule has 0 spiro atoms. The second-order valence-electron chi connectivity index (χ2n) is 8.76. The van der Waals surface area contributed by atoms with E-state index in [1.165, 1.54) is 4.90 Å². The molecule has 8 heteroatoms. The molecule has 0 saturated carbocycles. The number of ether oxygens (including phenoxy) is 1. The number of hydrogen-bond donors (Lipinski definition) is 1. The van der Waals surface area contributed by atoms with Crippen molar-refractivity contribution in [2.24, 2.45) is 0 Å². The summed E-state index contributed by atoms with van der Waals surface area (Å²) in [6.45, 7) is 5.31. The van der Waals surface area contributed by atoms with E-state index in [9.17, 15) is 14.4 Å². The van der Waals surface area contributed by atoms with Crippen molar-refractivity contribution in [3.63, 3.8) is 0 Å². The Kier molecular flexibility index (Phi) is 6.48. The van der Waals surface area contributed by atoms with Crippen molar-refractivity contribution in [3.05, 3.63) is 94.4 Å². The highest BCUT2D eigenvalue weighted by Gasteiger charge is 2.35. The summed E-state index contributed by atoms with van der Waals surface area (Å²) in [5.74, 6) is 0.863. The number of nitrogens with zero attached hydrogens (tertiary/aromatic N) is 2. The minimum Gasteiger partial charge on any atom is -0.465 e. The van der Waals surface area contributed by atoms with Gasteiger partial charge in [0.1, 0.15) is 11.5 Å². The highest BCUT2D eigenvalue weighted by molar-refractivity contribution is 6.21. The van der Waals surface area contributed by atoms with Crippen LogP contribution in [0.4, 0.5) is 0 Å². The molecule has 0 radical (unpaired) electrons. The molecule has 2 aromatic carbocycles. The van der Waals surface area contributed by atoms with E-state index in [1.807, 2.05) is 19.1 Å². The van der Waals surface area contributed by atoms with Crippen LogP contribution in [0.2, 0.25) is 0 Å². The van der Waals surface area contributed by atoms with Crippen LogP contribution in [0.5, 0.6) is 0 Å². The number of hydrogen-bond acceptors (Lipinski definition) is 6. The first-order valence-corrected chi connectivity index (χ1v) is 11.7. The molecule has 3 heterocycles. The summed E-state index contributed by atoms with van der Waals surface area (Å²) in [7, 11) is 0. The van der Waals surface area contributed by atoms with Crippen LogP contribution in [-0.4, -0.2) is 60.4 Å². The maximum atomic E-state index is 12.9. The molecule has 2 aliphatic rings. The fourth-order valence-electron chi connectivity index (χ4n) is 4.55. The lowest BCUT2D eigenvalue weighted by Gasteiger charge is -2.33. The SMILES string of the molecule is Cc1ccc(C(CNC(=O)c2ccc(CN3C(=O)c4ccccc4C3=O)cc2)N2CCOCC2)o1. The maximum absolute atomic E-state index is 12.9. The maximum Gasteiger partial charge on any atom is 0.261 e. The van der Waals surface area contributed by atoms with E-state index in [4.69, 9.17) is 9.15 Å². The summed E-state index contributed by atoms with van der Waals surface area (Å²) in [6.07, 6.45) is 0. The number of amides is 3. The average Bonchev–Trinajstić information content (AvgIpc) is 3.42. The number of carbonyl (C=O) groups is 3. The first-order valence-electron chi connectivity index (χ1n) is 11.7. The molecule has 5 rings (SSSR count). The van der Waals surface area contributed by atoms with Gasteiger partial charge in [0.15, 0.2) is 0 Å². The van der Waals surface area contributed by atoms with Crippen LogP contribution in [0.15, 0.2) is 65.1 Å². The number of morpholine rings is 1. The number of carbonyl (C=O) groups excluding carboxylic acids is 3. The van der Waals surface area contributed by atoms with E-state index in [2.05, 4.69) is 10.2 Å². The second-order valence-corrected chi connectivity index (χ2v) is 8.76. The Morgan fingerprint density at radius 3 is 2.20 bits per heavy atom. The number of nitrogens with one attached hydrogen (secondary N) is 1. The van der Waals surface area contributed by atoms with Gasteiger partial charge in [-0.2, -0.15) is 0 Å². The molecule has 1 atom stereocenters. The molecule has 35 heavy (non-hydrogen) atoms.